The van der Waals surface area contributed by atoms with Crippen molar-refractivity contribution in [3.05, 3.63) is 123 Å². The molecule has 4 aromatic rings. The number of fused-ring (bicyclic) bond motifs is 1. The monoisotopic (exact) mass is 477 g/mol. The molecule has 0 fully saturated rings. The molecule has 0 saturated carbocycles. The first-order chi connectivity index (χ1) is 16.9. The van der Waals surface area contributed by atoms with Gasteiger partial charge in [0.05, 0.1) is 30.2 Å². The molecule has 1 aliphatic rings. The summed E-state index contributed by atoms with van der Waals surface area (Å²) in [6.45, 7) is -0.134. The predicted molar refractivity (Wildman–Crippen MR) is 121 cm³/mol. The number of hydrogen-bond donors (Lipinski definition) is 2. The van der Waals surface area contributed by atoms with Gasteiger partial charge < -0.3 is 9.88 Å². The SMILES string of the molecule is O=C(NCc1cc(C2=CCc3ncccc32)n[nH]1)c1cccn(Cc2cc(F)c(F)c(F)c2)c1=O. The molecule has 5 rings (SSSR count). The Morgan fingerprint density at radius 1 is 1.11 bits per heavy atom. The first-order valence-corrected chi connectivity index (χ1v) is 10.7. The van der Waals surface area contributed by atoms with Crippen LogP contribution < -0.4 is 10.9 Å². The number of carbonyl (C=O) groups excluding carboxylic acids is 1. The van der Waals surface area contributed by atoms with Crippen LogP contribution in [0.4, 0.5) is 13.2 Å². The zero-order chi connectivity index (χ0) is 24.5. The molecule has 1 aliphatic carbocycles. The molecule has 0 atom stereocenters. The molecule has 176 valence electrons. The van der Waals surface area contributed by atoms with Crippen LogP contribution in [0.2, 0.25) is 0 Å². The van der Waals surface area contributed by atoms with Crippen LogP contribution in [0.5, 0.6) is 0 Å². The lowest BCUT2D eigenvalue weighted by atomic mass is 10.1. The summed E-state index contributed by atoms with van der Waals surface area (Å²) in [5, 5.41) is 9.87. The standard InChI is InChI=1S/C25H18F3N5O2/c26-19-9-14(10-20(27)23(19)28)13-33-8-2-4-18(25(33)35)24(34)30-12-15-11-22(32-31-15)17-5-6-21-16(17)3-1-7-29-21/h1-5,7-11H,6,12-13H2,(H,30,34)(H,31,32). The van der Waals surface area contributed by atoms with E-state index < -0.39 is 28.9 Å². The second kappa shape index (κ2) is 9.05. The number of halogens is 3. The van der Waals surface area contributed by atoms with Gasteiger partial charge in [0.15, 0.2) is 17.5 Å². The van der Waals surface area contributed by atoms with Crippen LogP contribution >= 0.6 is 0 Å². The van der Waals surface area contributed by atoms with E-state index in [0.29, 0.717) is 5.69 Å². The summed E-state index contributed by atoms with van der Waals surface area (Å²) in [6, 6.07) is 10.1. The molecular formula is C25H18F3N5O2. The number of amides is 1. The molecule has 0 bridgehead atoms. The molecule has 7 nitrogen and oxygen atoms in total. The van der Waals surface area contributed by atoms with Crippen LogP contribution in [0.1, 0.15) is 38.6 Å². The first-order valence-electron chi connectivity index (χ1n) is 10.7. The normalized spacial score (nSPS) is 12.4. The highest BCUT2D eigenvalue weighted by atomic mass is 19.2. The number of allylic oxidation sites excluding steroid dienone is 1. The van der Waals surface area contributed by atoms with E-state index in [2.05, 4.69) is 20.5 Å². The third-order valence-corrected chi connectivity index (χ3v) is 5.69. The van der Waals surface area contributed by atoms with Gasteiger partial charge in [0.1, 0.15) is 5.56 Å². The molecular weight excluding hydrogens is 459 g/mol. The van der Waals surface area contributed by atoms with Crippen molar-refractivity contribution in [1.29, 1.82) is 0 Å². The summed E-state index contributed by atoms with van der Waals surface area (Å²) in [4.78, 5) is 29.8. The number of aromatic nitrogens is 4. The average molecular weight is 477 g/mol. The number of rotatable bonds is 6. The number of benzene rings is 1. The number of H-pyrrole nitrogens is 1. The van der Waals surface area contributed by atoms with E-state index in [1.54, 1.807) is 6.20 Å². The van der Waals surface area contributed by atoms with E-state index in [-0.39, 0.29) is 24.2 Å². The predicted octanol–water partition coefficient (Wildman–Crippen LogP) is 3.35. The topological polar surface area (TPSA) is 92.7 Å². The van der Waals surface area contributed by atoms with Crippen molar-refractivity contribution in [3.63, 3.8) is 0 Å². The third kappa shape index (κ3) is 4.37. The second-order valence-electron chi connectivity index (χ2n) is 8.01. The van der Waals surface area contributed by atoms with Crippen molar-refractivity contribution in [2.45, 2.75) is 19.5 Å². The molecule has 35 heavy (non-hydrogen) atoms. The first kappa shape index (κ1) is 22.3. The van der Waals surface area contributed by atoms with Crippen LogP contribution in [-0.2, 0) is 19.5 Å². The van der Waals surface area contributed by atoms with Crippen LogP contribution in [0, 0.1) is 17.5 Å². The zero-order valence-corrected chi connectivity index (χ0v) is 18.2. The van der Waals surface area contributed by atoms with Gasteiger partial charge in [-0.05, 0) is 42.0 Å². The summed E-state index contributed by atoms with van der Waals surface area (Å²) in [5.41, 5.74) is 3.56. The van der Waals surface area contributed by atoms with Gasteiger partial charge in [0, 0.05) is 30.0 Å². The summed E-state index contributed by atoms with van der Waals surface area (Å²) in [6.07, 6.45) is 5.89. The molecule has 0 saturated heterocycles. The highest BCUT2D eigenvalue weighted by Gasteiger charge is 2.19. The summed E-state index contributed by atoms with van der Waals surface area (Å²) in [5.74, 6) is -4.91. The minimum absolute atomic E-state index is 0.0454. The van der Waals surface area contributed by atoms with E-state index in [9.17, 15) is 22.8 Å². The molecule has 0 spiro atoms. The van der Waals surface area contributed by atoms with Gasteiger partial charge >= 0.3 is 0 Å². The van der Waals surface area contributed by atoms with Crippen molar-refractivity contribution < 1.29 is 18.0 Å². The van der Waals surface area contributed by atoms with E-state index in [1.165, 1.54) is 18.3 Å². The second-order valence-corrected chi connectivity index (χ2v) is 8.01. The van der Waals surface area contributed by atoms with E-state index in [0.717, 1.165) is 45.6 Å². The van der Waals surface area contributed by atoms with E-state index in [4.69, 9.17) is 0 Å². The number of hydrogen-bond acceptors (Lipinski definition) is 4. The number of nitrogens with one attached hydrogen (secondary N) is 2. The average Bonchev–Trinajstić information content (AvgIpc) is 3.49. The molecule has 3 heterocycles. The lowest BCUT2D eigenvalue weighted by Crippen LogP contribution is -2.32. The Bertz CT molecular complexity index is 1520. The highest BCUT2D eigenvalue weighted by Crippen LogP contribution is 2.30. The molecule has 0 unspecified atom stereocenters. The van der Waals surface area contributed by atoms with Crippen molar-refractivity contribution in [2.24, 2.45) is 0 Å². The van der Waals surface area contributed by atoms with Crippen molar-refractivity contribution in [1.82, 2.24) is 25.1 Å². The van der Waals surface area contributed by atoms with Crippen molar-refractivity contribution in [3.8, 4) is 0 Å². The molecule has 1 amide bonds. The zero-order valence-electron chi connectivity index (χ0n) is 18.2. The van der Waals surface area contributed by atoms with Crippen LogP contribution in [-0.4, -0.2) is 25.7 Å². The Labute approximate surface area is 197 Å². The van der Waals surface area contributed by atoms with E-state index >= 15 is 0 Å². The Morgan fingerprint density at radius 3 is 2.71 bits per heavy atom. The third-order valence-electron chi connectivity index (χ3n) is 5.69. The fourth-order valence-electron chi connectivity index (χ4n) is 3.99. The number of carbonyl (C=O) groups is 1. The van der Waals surface area contributed by atoms with Gasteiger partial charge in [-0.15, -0.1) is 0 Å². The summed E-state index contributed by atoms with van der Waals surface area (Å²) < 4.78 is 41.3. The highest BCUT2D eigenvalue weighted by molar-refractivity contribution is 5.93. The van der Waals surface area contributed by atoms with Gasteiger partial charge in [-0.3, -0.25) is 19.7 Å². The maximum Gasteiger partial charge on any atom is 0.263 e. The molecule has 3 aromatic heterocycles. The fraction of sp³-hybridized carbons (Fsp3) is 0.120. The number of pyridine rings is 2. The van der Waals surface area contributed by atoms with Gasteiger partial charge in [-0.2, -0.15) is 5.10 Å². The van der Waals surface area contributed by atoms with Crippen LogP contribution in [0.3, 0.4) is 0 Å². The number of nitrogens with zero attached hydrogens (tertiary/aromatic N) is 3. The maximum absolute atomic E-state index is 13.5. The van der Waals surface area contributed by atoms with Gasteiger partial charge in [-0.25, -0.2) is 13.2 Å². The molecule has 1 aromatic carbocycles. The largest absolute Gasteiger partial charge is 0.346 e. The Kier molecular flexibility index (Phi) is 5.77. The van der Waals surface area contributed by atoms with Crippen molar-refractivity contribution in [2.75, 3.05) is 0 Å². The Hall–Kier alpha value is -4.47. The minimum atomic E-state index is -1.58. The maximum atomic E-state index is 13.5. The van der Waals surface area contributed by atoms with Gasteiger partial charge in [0.25, 0.3) is 11.5 Å². The van der Waals surface area contributed by atoms with Crippen LogP contribution in [0.15, 0.2) is 65.7 Å². The van der Waals surface area contributed by atoms with E-state index in [1.807, 2.05) is 24.3 Å². The molecule has 0 radical (unpaired) electrons. The summed E-state index contributed by atoms with van der Waals surface area (Å²) >= 11 is 0. The minimum Gasteiger partial charge on any atom is -0.346 e. The molecule has 2 N–H and O–H groups in total. The molecule has 0 aliphatic heterocycles. The Balaban J connectivity index is 1.28. The quantitative estimate of drug-likeness (QED) is 0.417. The van der Waals surface area contributed by atoms with Crippen molar-refractivity contribution >= 4 is 11.5 Å². The smallest absolute Gasteiger partial charge is 0.263 e. The lowest BCUT2D eigenvalue weighted by Gasteiger charge is -2.09. The van der Waals surface area contributed by atoms with Crippen LogP contribution in [0.25, 0.3) is 5.57 Å². The lowest BCUT2D eigenvalue weighted by molar-refractivity contribution is 0.0948. The van der Waals surface area contributed by atoms with Gasteiger partial charge in [-0.1, -0.05) is 12.1 Å². The number of aromatic amines is 1. The summed E-state index contributed by atoms with van der Waals surface area (Å²) in [7, 11) is 0. The molecule has 10 heteroatoms. The fourth-order valence-corrected chi connectivity index (χ4v) is 3.99. The van der Waals surface area contributed by atoms with Gasteiger partial charge in [0.2, 0.25) is 0 Å². The Morgan fingerprint density at radius 2 is 1.91 bits per heavy atom.